The Kier molecular flexibility index (Phi) is 5.27. The number of hydrogen-bond donors (Lipinski definition) is 2. The molecule has 1 aliphatic heterocycles. The Balaban J connectivity index is 1.80. The first-order valence-electron chi connectivity index (χ1n) is 8.25. The lowest BCUT2D eigenvalue weighted by Gasteiger charge is -2.28. The van der Waals surface area contributed by atoms with Crippen LogP contribution in [-0.2, 0) is 9.59 Å². The number of nitrogens with zero attached hydrogens (tertiary/aromatic N) is 2. The highest BCUT2D eigenvalue weighted by Gasteiger charge is 2.29. The van der Waals surface area contributed by atoms with Gasteiger partial charge in [-0.3, -0.25) is 19.7 Å². The largest absolute Gasteiger partial charge is 0.376 e. The van der Waals surface area contributed by atoms with Gasteiger partial charge in [0.1, 0.15) is 5.02 Å². The second-order valence-corrected chi connectivity index (χ2v) is 6.57. The van der Waals surface area contributed by atoms with Crippen molar-refractivity contribution in [1.29, 1.82) is 0 Å². The summed E-state index contributed by atoms with van der Waals surface area (Å²) >= 11 is 5.80. The molecule has 1 atom stereocenters. The Hall–Kier alpha value is -3.13. The molecular formula is C18H17ClN4O4. The highest BCUT2D eigenvalue weighted by Crippen LogP contribution is 2.31. The van der Waals surface area contributed by atoms with E-state index >= 15 is 0 Å². The first-order chi connectivity index (χ1) is 12.9. The lowest BCUT2D eigenvalue weighted by Crippen LogP contribution is -2.42. The number of nitro benzene ring substituents is 1. The normalized spacial score (nSPS) is 16.1. The minimum absolute atomic E-state index is 0.0246. The predicted octanol–water partition coefficient (Wildman–Crippen LogP) is 3.42. The van der Waals surface area contributed by atoms with Crippen LogP contribution in [0.25, 0.3) is 0 Å². The Labute approximate surface area is 160 Å². The Morgan fingerprint density at radius 2 is 2.11 bits per heavy atom. The molecule has 3 rings (SSSR count). The molecule has 2 N–H and O–H groups in total. The molecular weight excluding hydrogens is 372 g/mol. The summed E-state index contributed by atoms with van der Waals surface area (Å²) in [4.78, 5) is 36.8. The van der Waals surface area contributed by atoms with Crippen LogP contribution in [0.3, 0.4) is 0 Å². The van der Waals surface area contributed by atoms with Gasteiger partial charge in [0.05, 0.1) is 22.8 Å². The SMILES string of the molecule is C[C@@H]1CC(=O)Nc2ccccc2N1C(=O)CNc1ccc(Cl)c([N+](=O)[O-])c1. The molecule has 1 aliphatic rings. The molecule has 8 nitrogen and oxygen atoms in total. The molecule has 0 unspecified atom stereocenters. The van der Waals surface area contributed by atoms with Crippen molar-refractivity contribution in [2.24, 2.45) is 0 Å². The van der Waals surface area contributed by atoms with Crippen molar-refractivity contribution >= 4 is 46.2 Å². The molecule has 9 heteroatoms. The number of carbonyl (C=O) groups excluding carboxylic acids is 2. The minimum atomic E-state index is -0.584. The Bertz CT molecular complexity index is 918. The number of halogens is 1. The summed E-state index contributed by atoms with van der Waals surface area (Å²) in [5, 5.41) is 16.7. The summed E-state index contributed by atoms with van der Waals surface area (Å²) < 4.78 is 0. The van der Waals surface area contributed by atoms with Crippen molar-refractivity contribution in [3.05, 3.63) is 57.6 Å². The first-order valence-corrected chi connectivity index (χ1v) is 8.63. The van der Waals surface area contributed by atoms with E-state index in [2.05, 4.69) is 10.6 Å². The van der Waals surface area contributed by atoms with Gasteiger partial charge < -0.3 is 15.5 Å². The number of carbonyl (C=O) groups is 2. The third-order valence-corrected chi connectivity index (χ3v) is 4.53. The van der Waals surface area contributed by atoms with Crippen LogP contribution in [0.5, 0.6) is 0 Å². The second-order valence-electron chi connectivity index (χ2n) is 6.16. The van der Waals surface area contributed by atoms with Crippen molar-refractivity contribution in [3.8, 4) is 0 Å². The van der Waals surface area contributed by atoms with E-state index in [1.54, 1.807) is 42.2 Å². The van der Waals surface area contributed by atoms with Gasteiger partial charge in [-0.05, 0) is 31.2 Å². The zero-order valence-electron chi connectivity index (χ0n) is 14.4. The van der Waals surface area contributed by atoms with Gasteiger partial charge >= 0.3 is 0 Å². The molecule has 1 heterocycles. The fourth-order valence-electron chi connectivity index (χ4n) is 2.99. The number of rotatable bonds is 4. The van der Waals surface area contributed by atoms with Gasteiger partial charge in [0.25, 0.3) is 5.69 Å². The lowest BCUT2D eigenvalue weighted by molar-refractivity contribution is -0.384. The van der Waals surface area contributed by atoms with Crippen molar-refractivity contribution in [3.63, 3.8) is 0 Å². The predicted molar refractivity (Wildman–Crippen MR) is 103 cm³/mol. The highest BCUT2D eigenvalue weighted by atomic mass is 35.5. The number of nitrogens with one attached hydrogen (secondary N) is 2. The Morgan fingerprint density at radius 3 is 2.85 bits per heavy atom. The van der Waals surface area contributed by atoms with Crippen LogP contribution in [0.2, 0.25) is 5.02 Å². The van der Waals surface area contributed by atoms with E-state index < -0.39 is 4.92 Å². The summed E-state index contributed by atoms with van der Waals surface area (Å²) in [5.41, 5.74) is 1.36. The van der Waals surface area contributed by atoms with Crippen LogP contribution >= 0.6 is 11.6 Å². The van der Waals surface area contributed by atoms with Gasteiger partial charge in [-0.25, -0.2) is 0 Å². The highest BCUT2D eigenvalue weighted by molar-refractivity contribution is 6.32. The van der Waals surface area contributed by atoms with Crippen molar-refractivity contribution in [1.82, 2.24) is 0 Å². The van der Waals surface area contributed by atoms with E-state index in [4.69, 9.17) is 11.6 Å². The molecule has 0 bridgehead atoms. The van der Waals surface area contributed by atoms with E-state index in [0.717, 1.165) is 0 Å². The zero-order valence-corrected chi connectivity index (χ0v) is 15.2. The number of para-hydroxylation sites is 2. The van der Waals surface area contributed by atoms with E-state index in [1.807, 2.05) is 0 Å². The number of benzene rings is 2. The molecule has 0 fully saturated rings. The van der Waals surface area contributed by atoms with Crippen molar-refractivity contribution in [2.75, 3.05) is 22.1 Å². The maximum Gasteiger partial charge on any atom is 0.289 e. The third-order valence-electron chi connectivity index (χ3n) is 4.21. The monoisotopic (exact) mass is 388 g/mol. The van der Waals surface area contributed by atoms with Crippen LogP contribution in [0.1, 0.15) is 13.3 Å². The summed E-state index contributed by atoms with van der Waals surface area (Å²) in [6.45, 7) is 1.71. The molecule has 2 amide bonds. The molecule has 0 spiro atoms. The summed E-state index contributed by atoms with van der Waals surface area (Å²) in [7, 11) is 0. The van der Waals surface area contributed by atoms with Crippen LogP contribution in [0.15, 0.2) is 42.5 Å². The molecule has 27 heavy (non-hydrogen) atoms. The topological polar surface area (TPSA) is 105 Å². The standard InChI is InChI=1S/C18H17ClN4O4/c1-11-8-17(24)21-14-4-2-3-5-15(14)22(11)18(25)10-20-12-6-7-13(19)16(9-12)23(26)27/h2-7,9,11,20H,8,10H2,1H3,(H,21,24)/t11-/m1/s1. The Morgan fingerprint density at radius 1 is 1.37 bits per heavy atom. The maximum atomic E-state index is 12.9. The maximum absolute atomic E-state index is 12.9. The van der Waals surface area contributed by atoms with Gasteiger partial charge in [-0.15, -0.1) is 0 Å². The average molecular weight is 389 g/mol. The average Bonchev–Trinajstić information content (AvgIpc) is 2.74. The molecule has 0 saturated carbocycles. The summed E-state index contributed by atoms with van der Waals surface area (Å²) in [6, 6.07) is 11.0. The fourth-order valence-corrected chi connectivity index (χ4v) is 3.18. The quantitative estimate of drug-likeness (QED) is 0.616. The van der Waals surface area contributed by atoms with E-state index in [1.165, 1.54) is 12.1 Å². The lowest BCUT2D eigenvalue weighted by atomic mass is 10.1. The smallest absolute Gasteiger partial charge is 0.289 e. The van der Waals surface area contributed by atoms with Gasteiger partial charge in [-0.2, -0.15) is 0 Å². The number of hydrogen-bond acceptors (Lipinski definition) is 5. The molecule has 2 aromatic rings. The van der Waals surface area contributed by atoms with Crippen LogP contribution in [0.4, 0.5) is 22.7 Å². The van der Waals surface area contributed by atoms with Crippen molar-refractivity contribution < 1.29 is 14.5 Å². The van der Waals surface area contributed by atoms with E-state index in [0.29, 0.717) is 17.1 Å². The molecule has 0 saturated heterocycles. The number of amides is 2. The third kappa shape index (κ3) is 4.01. The molecule has 0 radical (unpaired) electrons. The van der Waals surface area contributed by atoms with Gasteiger partial charge in [0, 0.05) is 24.2 Å². The van der Waals surface area contributed by atoms with Gasteiger partial charge in [0.2, 0.25) is 11.8 Å². The van der Waals surface area contributed by atoms with Gasteiger partial charge in [-0.1, -0.05) is 23.7 Å². The second kappa shape index (κ2) is 7.63. The number of fused-ring (bicyclic) bond motifs is 1. The van der Waals surface area contributed by atoms with E-state index in [9.17, 15) is 19.7 Å². The molecule has 140 valence electrons. The molecule has 2 aromatic carbocycles. The first kappa shape index (κ1) is 18.7. The fraction of sp³-hybridized carbons (Fsp3) is 0.222. The van der Waals surface area contributed by atoms with Crippen molar-refractivity contribution in [2.45, 2.75) is 19.4 Å². The summed E-state index contributed by atoms with van der Waals surface area (Å²) in [5.74, 6) is -0.421. The van der Waals surface area contributed by atoms with Crippen LogP contribution in [-0.4, -0.2) is 29.3 Å². The van der Waals surface area contributed by atoms with Gasteiger partial charge in [0.15, 0.2) is 0 Å². The molecule has 0 aliphatic carbocycles. The van der Waals surface area contributed by atoms with Crippen LogP contribution < -0.4 is 15.5 Å². The number of anilines is 3. The minimum Gasteiger partial charge on any atom is -0.376 e. The summed E-state index contributed by atoms with van der Waals surface area (Å²) in [6.07, 6.45) is 0.173. The zero-order chi connectivity index (χ0) is 19.6. The molecule has 0 aromatic heterocycles. The van der Waals surface area contributed by atoms with Crippen LogP contribution in [0, 0.1) is 10.1 Å². The number of nitro groups is 1. The van der Waals surface area contributed by atoms with E-state index in [-0.39, 0.29) is 41.5 Å².